The largest absolute Gasteiger partial charge is 0.325 e. The van der Waals surface area contributed by atoms with Gasteiger partial charge in [0.1, 0.15) is 6.04 Å². The summed E-state index contributed by atoms with van der Waals surface area (Å²) >= 11 is 0. The summed E-state index contributed by atoms with van der Waals surface area (Å²) in [6.07, 6.45) is 9.24. The van der Waals surface area contributed by atoms with Gasteiger partial charge in [0, 0.05) is 12.6 Å². The van der Waals surface area contributed by atoms with E-state index in [0.29, 0.717) is 12.0 Å². The fraction of sp³-hybridized carbons (Fsp3) is 0.867. The van der Waals surface area contributed by atoms with Gasteiger partial charge in [-0.15, -0.1) is 0 Å². The summed E-state index contributed by atoms with van der Waals surface area (Å²) < 4.78 is 0. The van der Waals surface area contributed by atoms with Gasteiger partial charge < -0.3 is 10.2 Å². The van der Waals surface area contributed by atoms with Gasteiger partial charge in [0.25, 0.3) is 0 Å². The molecular formula is C15H23N3O. The van der Waals surface area contributed by atoms with Crippen LogP contribution in [0.5, 0.6) is 0 Å². The molecule has 0 bridgehead atoms. The third-order valence-electron chi connectivity index (χ3n) is 5.10. The molecule has 2 aliphatic heterocycles. The first-order valence-corrected chi connectivity index (χ1v) is 7.76. The average molecular weight is 261 g/mol. The van der Waals surface area contributed by atoms with Crippen molar-refractivity contribution in [3.8, 4) is 6.07 Å². The van der Waals surface area contributed by atoms with Crippen LogP contribution in [0.3, 0.4) is 0 Å². The highest BCUT2D eigenvalue weighted by Crippen LogP contribution is 2.33. The van der Waals surface area contributed by atoms with E-state index in [1.807, 2.05) is 4.90 Å². The minimum Gasteiger partial charge on any atom is -0.325 e. The summed E-state index contributed by atoms with van der Waals surface area (Å²) in [6.45, 7) is 0.768. The van der Waals surface area contributed by atoms with Gasteiger partial charge in [0.15, 0.2) is 0 Å². The van der Waals surface area contributed by atoms with Crippen LogP contribution in [0.25, 0.3) is 0 Å². The number of nitriles is 1. The molecule has 4 unspecified atom stereocenters. The Bertz CT molecular complexity index is 375. The van der Waals surface area contributed by atoms with Crippen LogP contribution in [-0.2, 0) is 4.79 Å². The molecule has 0 radical (unpaired) electrons. The SMILES string of the molecule is N#CC1CCCN1C(=O)C1CC2CCCCCC2N1. The van der Waals surface area contributed by atoms with Gasteiger partial charge in [-0.2, -0.15) is 5.26 Å². The van der Waals surface area contributed by atoms with E-state index in [4.69, 9.17) is 5.26 Å². The third-order valence-corrected chi connectivity index (χ3v) is 5.10. The van der Waals surface area contributed by atoms with Crippen LogP contribution in [0.1, 0.15) is 51.4 Å². The first-order valence-electron chi connectivity index (χ1n) is 7.76. The predicted octanol–water partition coefficient (Wildman–Crippen LogP) is 1.81. The maximum Gasteiger partial charge on any atom is 0.240 e. The number of hydrogen-bond acceptors (Lipinski definition) is 3. The second-order valence-corrected chi connectivity index (χ2v) is 6.28. The van der Waals surface area contributed by atoms with Crippen molar-refractivity contribution in [2.24, 2.45) is 5.92 Å². The number of nitrogens with one attached hydrogen (secondary N) is 1. The summed E-state index contributed by atoms with van der Waals surface area (Å²) in [5.41, 5.74) is 0. The molecule has 2 saturated heterocycles. The molecule has 0 aromatic carbocycles. The first kappa shape index (κ1) is 12.9. The molecule has 3 rings (SSSR count). The average Bonchev–Trinajstić information content (AvgIpc) is 3.00. The maximum atomic E-state index is 12.6. The molecule has 104 valence electrons. The van der Waals surface area contributed by atoms with E-state index in [-0.39, 0.29) is 18.0 Å². The van der Waals surface area contributed by atoms with Crippen LogP contribution < -0.4 is 5.32 Å². The van der Waals surface area contributed by atoms with Crippen LogP contribution in [0.15, 0.2) is 0 Å². The second-order valence-electron chi connectivity index (χ2n) is 6.28. The molecule has 1 N–H and O–H groups in total. The highest BCUT2D eigenvalue weighted by molar-refractivity contribution is 5.83. The summed E-state index contributed by atoms with van der Waals surface area (Å²) in [5.74, 6) is 0.858. The number of fused-ring (bicyclic) bond motifs is 1. The number of carbonyl (C=O) groups is 1. The van der Waals surface area contributed by atoms with Crippen molar-refractivity contribution in [2.75, 3.05) is 6.54 Å². The number of nitrogens with zero attached hydrogens (tertiary/aromatic N) is 2. The lowest BCUT2D eigenvalue weighted by atomic mass is 9.94. The minimum absolute atomic E-state index is 0.0259. The Balaban J connectivity index is 1.64. The zero-order chi connectivity index (χ0) is 13.2. The monoisotopic (exact) mass is 261 g/mol. The molecule has 19 heavy (non-hydrogen) atoms. The quantitative estimate of drug-likeness (QED) is 0.783. The smallest absolute Gasteiger partial charge is 0.240 e. The van der Waals surface area contributed by atoms with E-state index in [0.717, 1.165) is 25.8 Å². The van der Waals surface area contributed by atoms with Crippen molar-refractivity contribution in [3.05, 3.63) is 0 Å². The summed E-state index contributed by atoms with van der Waals surface area (Å²) in [6, 6.07) is 2.60. The van der Waals surface area contributed by atoms with Crippen molar-refractivity contribution < 1.29 is 4.79 Å². The fourth-order valence-corrected chi connectivity index (χ4v) is 4.05. The van der Waals surface area contributed by atoms with Crippen LogP contribution in [0.2, 0.25) is 0 Å². The lowest BCUT2D eigenvalue weighted by Crippen LogP contribution is -2.46. The molecule has 4 atom stereocenters. The van der Waals surface area contributed by atoms with E-state index >= 15 is 0 Å². The van der Waals surface area contributed by atoms with Crippen LogP contribution in [0.4, 0.5) is 0 Å². The Morgan fingerprint density at radius 1 is 1.16 bits per heavy atom. The van der Waals surface area contributed by atoms with Crippen molar-refractivity contribution in [1.29, 1.82) is 5.26 Å². The van der Waals surface area contributed by atoms with E-state index in [1.54, 1.807) is 0 Å². The second kappa shape index (κ2) is 5.50. The molecule has 4 heteroatoms. The molecule has 1 amide bonds. The number of hydrogen-bond donors (Lipinski definition) is 1. The Labute approximate surface area is 115 Å². The normalized spacial score (nSPS) is 38.6. The Hall–Kier alpha value is -1.08. The highest BCUT2D eigenvalue weighted by Gasteiger charge is 2.41. The number of rotatable bonds is 1. The molecule has 0 spiro atoms. The topological polar surface area (TPSA) is 56.1 Å². The van der Waals surface area contributed by atoms with E-state index < -0.39 is 0 Å². The van der Waals surface area contributed by atoms with Crippen molar-refractivity contribution in [2.45, 2.75) is 69.5 Å². The molecule has 3 fully saturated rings. The van der Waals surface area contributed by atoms with Gasteiger partial charge in [-0.25, -0.2) is 0 Å². The van der Waals surface area contributed by atoms with Crippen molar-refractivity contribution in [3.63, 3.8) is 0 Å². The Morgan fingerprint density at radius 3 is 2.84 bits per heavy atom. The standard InChI is InChI=1S/C15H23N3O/c16-10-12-6-4-8-18(12)15(19)14-9-11-5-2-1-3-7-13(11)17-14/h11-14,17H,1-9H2. The fourth-order valence-electron chi connectivity index (χ4n) is 4.05. The van der Waals surface area contributed by atoms with E-state index in [2.05, 4.69) is 11.4 Å². The Morgan fingerprint density at radius 2 is 2.00 bits per heavy atom. The molecular weight excluding hydrogens is 238 g/mol. The molecule has 0 aromatic rings. The van der Waals surface area contributed by atoms with E-state index in [9.17, 15) is 4.79 Å². The minimum atomic E-state index is -0.181. The maximum absolute atomic E-state index is 12.6. The first-order chi connectivity index (χ1) is 9.29. The molecule has 1 saturated carbocycles. The zero-order valence-corrected chi connectivity index (χ0v) is 11.5. The molecule has 1 aliphatic carbocycles. The summed E-state index contributed by atoms with van der Waals surface area (Å²) in [5, 5.41) is 12.7. The Kier molecular flexibility index (Phi) is 3.74. The van der Waals surface area contributed by atoms with Gasteiger partial charge in [0.05, 0.1) is 12.1 Å². The van der Waals surface area contributed by atoms with Gasteiger partial charge in [-0.3, -0.25) is 4.79 Å². The van der Waals surface area contributed by atoms with Gasteiger partial charge in [0.2, 0.25) is 5.91 Å². The number of amides is 1. The molecule has 4 nitrogen and oxygen atoms in total. The summed E-state index contributed by atoms with van der Waals surface area (Å²) in [7, 11) is 0. The molecule has 3 aliphatic rings. The van der Waals surface area contributed by atoms with E-state index in [1.165, 1.54) is 32.1 Å². The predicted molar refractivity (Wildman–Crippen MR) is 72.3 cm³/mol. The number of carbonyl (C=O) groups excluding carboxylic acids is 1. The third kappa shape index (κ3) is 2.49. The molecule has 0 aromatic heterocycles. The van der Waals surface area contributed by atoms with Gasteiger partial charge in [-0.05, 0) is 38.0 Å². The van der Waals surface area contributed by atoms with Crippen molar-refractivity contribution in [1.82, 2.24) is 10.2 Å². The zero-order valence-electron chi connectivity index (χ0n) is 11.5. The molecule has 2 heterocycles. The van der Waals surface area contributed by atoms with Gasteiger partial charge in [-0.1, -0.05) is 19.3 Å². The van der Waals surface area contributed by atoms with Crippen molar-refractivity contribution >= 4 is 5.91 Å². The number of likely N-dealkylation sites (tertiary alicyclic amines) is 1. The van der Waals surface area contributed by atoms with Crippen LogP contribution in [0, 0.1) is 17.2 Å². The van der Waals surface area contributed by atoms with Gasteiger partial charge >= 0.3 is 0 Å². The van der Waals surface area contributed by atoms with Crippen LogP contribution >= 0.6 is 0 Å². The highest BCUT2D eigenvalue weighted by atomic mass is 16.2. The summed E-state index contributed by atoms with van der Waals surface area (Å²) in [4.78, 5) is 14.4. The lowest BCUT2D eigenvalue weighted by Gasteiger charge is -2.23. The van der Waals surface area contributed by atoms with Crippen LogP contribution in [-0.4, -0.2) is 35.5 Å². The lowest BCUT2D eigenvalue weighted by molar-refractivity contribution is -0.133.